The van der Waals surface area contributed by atoms with Crippen LogP contribution in [0.3, 0.4) is 0 Å². The third-order valence-electron chi connectivity index (χ3n) is 3.15. The van der Waals surface area contributed by atoms with Gasteiger partial charge in [0.05, 0.1) is 6.33 Å². The minimum absolute atomic E-state index is 0.570. The van der Waals surface area contributed by atoms with Crippen LogP contribution in [0, 0.1) is 6.92 Å². The Bertz CT molecular complexity index is 535. The van der Waals surface area contributed by atoms with Gasteiger partial charge in [0.25, 0.3) is 0 Å². The van der Waals surface area contributed by atoms with Crippen molar-refractivity contribution in [3.8, 4) is 0 Å². The van der Waals surface area contributed by atoms with Gasteiger partial charge in [-0.2, -0.15) is 0 Å². The summed E-state index contributed by atoms with van der Waals surface area (Å²) >= 11 is 0. The van der Waals surface area contributed by atoms with E-state index in [4.69, 9.17) is 5.73 Å². The maximum atomic E-state index is 5.93. The van der Waals surface area contributed by atoms with Gasteiger partial charge in [0, 0.05) is 37.5 Å². The van der Waals surface area contributed by atoms with E-state index in [0.717, 1.165) is 49.6 Å². The molecule has 6 nitrogen and oxygen atoms in total. The van der Waals surface area contributed by atoms with E-state index in [1.807, 2.05) is 19.4 Å². The third kappa shape index (κ3) is 3.69. The number of aryl methyl sites for hydroxylation is 2. The molecular formula is C14H22N6. The number of aromatic nitrogens is 4. The standard InChI is InChI=1S/C14H22N6/c1-3-5-12-18-13(15)11(2)14(19-12)17-6-4-8-20-9-7-16-10-20/h7,9-10H,3-6,8H2,1-2H3,(H3,15,17,18,19). The summed E-state index contributed by atoms with van der Waals surface area (Å²) in [6.45, 7) is 5.84. The fraction of sp³-hybridized carbons (Fsp3) is 0.500. The molecule has 0 spiro atoms. The predicted molar refractivity (Wildman–Crippen MR) is 80.5 cm³/mol. The van der Waals surface area contributed by atoms with Crippen molar-refractivity contribution in [3.05, 3.63) is 30.1 Å². The van der Waals surface area contributed by atoms with Crippen LogP contribution in [-0.4, -0.2) is 26.1 Å². The normalized spacial score (nSPS) is 10.7. The summed E-state index contributed by atoms with van der Waals surface area (Å²) in [5.41, 5.74) is 6.85. The maximum absolute atomic E-state index is 5.93. The summed E-state index contributed by atoms with van der Waals surface area (Å²) in [7, 11) is 0. The van der Waals surface area contributed by atoms with Gasteiger partial charge < -0.3 is 15.6 Å². The minimum Gasteiger partial charge on any atom is -0.383 e. The number of nitrogens with zero attached hydrogens (tertiary/aromatic N) is 4. The van der Waals surface area contributed by atoms with Crippen LogP contribution < -0.4 is 11.1 Å². The molecule has 0 unspecified atom stereocenters. The molecule has 6 heteroatoms. The molecule has 0 amide bonds. The number of nitrogens with two attached hydrogens (primary N) is 1. The Kier molecular flexibility index (Phi) is 4.92. The van der Waals surface area contributed by atoms with Gasteiger partial charge in [-0.1, -0.05) is 6.92 Å². The lowest BCUT2D eigenvalue weighted by Crippen LogP contribution is -2.12. The van der Waals surface area contributed by atoms with Crippen molar-refractivity contribution in [1.29, 1.82) is 0 Å². The number of anilines is 2. The zero-order chi connectivity index (χ0) is 14.4. The molecule has 20 heavy (non-hydrogen) atoms. The Labute approximate surface area is 119 Å². The number of nitrogen functional groups attached to an aromatic ring is 1. The van der Waals surface area contributed by atoms with Crippen LogP contribution in [-0.2, 0) is 13.0 Å². The molecule has 0 bridgehead atoms. The van der Waals surface area contributed by atoms with Gasteiger partial charge in [0.2, 0.25) is 0 Å². The number of nitrogens with one attached hydrogen (secondary N) is 1. The molecule has 2 aromatic heterocycles. The van der Waals surface area contributed by atoms with Crippen molar-refractivity contribution in [1.82, 2.24) is 19.5 Å². The SMILES string of the molecule is CCCc1nc(N)c(C)c(NCCCn2ccnc2)n1. The third-order valence-corrected chi connectivity index (χ3v) is 3.15. The molecule has 2 rings (SSSR count). The van der Waals surface area contributed by atoms with Crippen LogP contribution in [0.25, 0.3) is 0 Å². The van der Waals surface area contributed by atoms with Crippen LogP contribution in [0.2, 0.25) is 0 Å². The predicted octanol–water partition coefficient (Wildman–Crippen LogP) is 2.02. The van der Waals surface area contributed by atoms with Crippen LogP contribution in [0.5, 0.6) is 0 Å². The summed E-state index contributed by atoms with van der Waals surface area (Å²) in [5, 5.41) is 3.35. The van der Waals surface area contributed by atoms with Crippen molar-refractivity contribution >= 4 is 11.6 Å². The Morgan fingerprint density at radius 3 is 2.90 bits per heavy atom. The molecule has 0 aliphatic heterocycles. The smallest absolute Gasteiger partial charge is 0.134 e. The van der Waals surface area contributed by atoms with Gasteiger partial charge in [0.1, 0.15) is 17.5 Å². The highest BCUT2D eigenvalue weighted by atomic mass is 15.1. The molecule has 0 atom stereocenters. The molecule has 3 N–H and O–H groups in total. The fourth-order valence-corrected chi connectivity index (χ4v) is 1.98. The van der Waals surface area contributed by atoms with Gasteiger partial charge in [0.15, 0.2) is 0 Å². The van der Waals surface area contributed by atoms with E-state index in [0.29, 0.717) is 5.82 Å². The van der Waals surface area contributed by atoms with Crippen molar-refractivity contribution in [2.75, 3.05) is 17.6 Å². The van der Waals surface area contributed by atoms with Crippen molar-refractivity contribution in [2.24, 2.45) is 0 Å². The van der Waals surface area contributed by atoms with E-state index < -0.39 is 0 Å². The first kappa shape index (κ1) is 14.3. The maximum Gasteiger partial charge on any atom is 0.134 e. The van der Waals surface area contributed by atoms with E-state index in [1.54, 1.807) is 6.20 Å². The topological polar surface area (TPSA) is 81.6 Å². The zero-order valence-electron chi connectivity index (χ0n) is 12.1. The first-order valence-electron chi connectivity index (χ1n) is 7.03. The molecule has 0 aliphatic carbocycles. The van der Waals surface area contributed by atoms with E-state index >= 15 is 0 Å². The molecule has 0 radical (unpaired) electrons. The lowest BCUT2D eigenvalue weighted by atomic mass is 10.2. The number of imidazole rings is 1. The Morgan fingerprint density at radius 2 is 2.20 bits per heavy atom. The molecule has 0 aliphatic rings. The first-order valence-corrected chi connectivity index (χ1v) is 7.03. The molecule has 0 aromatic carbocycles. The van der Waals surface area contributed by atoms with Gasteiger partial charge >= 0.3 is 0 Å². The highest BCUT2D eigenvalue weighted by molar-refractivity contribution is 5.54. The average molecular weight is 274 g/mol. The lowest BCUT2D eigenvalue weighted by Gasteiger charge is -2.12. The average Bonchev–Trinajstić information content (AvgIpc) is 2.93. The van der Waals surface area contributed by atoms with E-state index in [-0.39, 0.29) is 0 Å². The van der Waals surface area contributed by atoms with E-state index in [9.17, 15) is 0 Å². The molecule has 0 saturated heterocycles. The van der Waals surface area contributed by atoms with Crippen LogP contribution in [0.15, 0.2) is 18.7 Å². The second-order valence-electron chi connectivity index (χ2n) is 4.83. The Morgan fingerprint density at radius 1 is 1.35 bits per heavy atom. The quantitative estimate of drug-likeness (QED) is 0.755. The fourth-order valence-electron chi connectivity index (χ4n) is 1.98. The second kappa shape index (κ2) is 6.88. The lowest BCUT2D eigenvalue weighted by molar-refractivity contribution is 0.659. The molecule has 0 fully saturated rings. The van der Waals surface area contributed by atoms with E-state index in [1.165, 1.54) is 0 Å². The summed E-state index contributed by atoms with van der Waals surface area (Å²) in [6, 6.07) is 0. The molecule has 2 heterocycles. The Hall–Kier alpha value is -2.11. The summed E-state index contributed by atoms with van der Waals surface area (Å²) < 4.78 is 2.06. The highest BCUT2D eigenvalue weighted by Gasteiger charge is 2.07. The summed E-state index contributed by atoms with van der Waals surface area (Å²) in [5.74, 6) is 2.24. The monoisotopic (exact) mass is 274 g/mol. The Balaban J connectivity index is 1.91. The van der Waals surface area contributed by atoms with Crippen molar-refractivity contribution < 1.29 is 0 Å². The molecule has 108 valence electrons. The van der Waals surface area contributed by atoms with Gasteiger partial charge in [-0.3, -0.25) is 0 Å². The first-order chi connectivity index (χ1) is 9.70. The van der Waals surface area contributed by atoms with Gasteiger partial charge in [-0.05, 0) is 19.8 Å². The van der Waals surface area contributed by atoms with Crippen LogP contribution in [0.4, 0.5) is 11.6 Å². The van der Waals surface area contributed by atoms with Gasteiger partial charge in [-0.25, -0.2) is 15.0 Å². The van der Waals surface area contributed by atoms with Crippen LogP contribution in [0.1, 0.15) is 31.2 Å². The van der Waals surface area contributed by atoms with E-state index in [2.05, 4.69) is 31.8 Å². The number of rotatable bonds is 7. The summed E-state index contributed by atoms with van der Waals surface area (Å²) in [4.78, 5) is 12.9. The van der Waals surface area contributed by atoms with Crippen molar-refractivity contribution in [2.45, 2.75) is 39.7 Å². The highest BCUT2D eigenvalue weighted by Crippen LogP contribution is 2.17. The number of hydrogen-bond acceptors (Lipinski definition) is 5. The molecule has 2 aromatic rings. The van der Waals surface area contributed by atoms with Crippen molar-refractivity contribution in [3.63, 3.8) is 0 Å². The largest absolute Gasteiger partial charge is 0.383 e. The minimum atomic E-state index is 0.570. The summed E-state index contributed by atoms with van der Waals surface area (Å²) in [6.07, 6.45) is 8.46. The molecular weight excluding hydrogens is 252 g/mol. The molecule has 0 saturated carbocycles. The zero-order valence-corrected chi connectivity index (χ0v) is 12.1. The van der Waals surface area contributed by atoms with Gasteiger partial charge in [-0.15, -0.1) is 0 Å². The number of hydrogen-bond donors (Lipinski definition) is 2. The van der Waals surface area contributed by atoms with Crippen LogP contribution >= 0.6 is 0 Å². The second-order valence-corrected chi connectivity index (χ2v) is 4.83.